The summed E-state index contributed by atoms with van der Waals surface area (Å²) < 4.78 is 0. The molecular weight excluding hydrogens is 160 g/mol. The van der Waals surface area contributed by atoms with Crippen LogP contribution < -0.4 is 11.1 Å². The number of rotatable bonds is 2. The normalized spacial score (nSPS) is 31.8. The molecule has 0 spiro atoms. The molecule has 3 N–H and O–H groups in total. The van der Waals surface area contributed by atoms with E-state index in [1.165, 1.54) is 44.9 Å². The molecule has 0 bridgehead atoms. The third-order valence-corrected chi connectivity index (χ3v) is 3.18. The minimum Gasteiger partial charge on any atom is -0.327 e. The summed E-state index contributed by atoms with van der Waals surface area (Å²) in [5.41, 5.74) is 6.16. The van der Waals surface area contributed by atoms with Crippen LogP contribution in [0.2, 0.25) is 0 Å². The quantitative estimate of drug-likeness (QED) is 0.688. The second-order valence-electron chi connectivity index (χ2n) is 4.33. The number of hydrogen-bond donors (Lipinski definition) is 2. The van der Waals surface area contributed by atoms with Gasteiger partial charge < -0.3 is 11.1 Å². The van der Waals surface area contributed by atoms with Gasteiger partial charge in [-0.1, -0.05) is 32.1 Å². The maximum absolute atomic E-state index is 6.16. The van der Waals surface area contributed by atoms with Crippen molar-refractivity contribution in [2.24, 2.45) is 11.7 Å². The lowest BCUT2D eigenvalue weighted by Gasteiger charge is -2.22. The van der Waals surface area contributed by atoms with Crippen LogP contribution in [0.25, 0.3) is 0 Å². The molecule has 2 heteroatoms. The Bertz CT molecular complexity index is 125. The van der Waals surface area contributed by atoms with Crippen LogP contribution in [0.1, 0.15) is 44.9 Å². The van der Waals surface area contributed by atoms with E-state index in [1.807, 2.05) is 7.05 Å². The van der Waals surface area contributed by atoms with Crippen molar-refractivity contribution in [2.75, 3.05) is 13.6 Å². The van der Waals surface area contributed by atoms with E-state index < -0.39 is 0 Å². The molecule has 0 amide bonds. The molecule has 0 aromatic heterocycles. The third kappa shape index (κ3) is 4.10. The SMILES string of the molecule is CNCC1CCCCCCCC1N. The van der Waals surface area contributed by atoms with Crippen molar-refractivity contribution >= 4 is 0 Å². The third-order valence-electron chi connectivity index (χ3n) is 3.18. The van der Waals surface area contributed by atoms with Crippen LogP contribution in [0, 0.1) is 5.92 Å². The molecule has 0 aromatic carbocycles. The minimum atomic E-state index is 0.436. The zero-order chi connectivity index (χ0) is 9.52. The monoisotopic (exact) mass is 184 g/mol. The molecule has 1 saturated carbocycles. The zero-order valence-electron chi connectivity index (χ0n) is 8.89. The second kappa shape index (κ2) is 6.39. The Kier molecular flexibility index (Phi) is 5.40. The Morgan fingerprint density at radius 2 is 1.69 bits per heavy atom. The smallest absolute Gasteiger partial charge is 0.00792 e. The van der Waals surface area contributed by atoms with Gasteiger partial charge in [-0.05, 0) is 32.4 Å². The molecule has 0 saturated heterocycles. The van der Waals surface area contributed by atoms with Crippen molar-refractivity contribution in [3.63, 3.8) is 0 Å². The highest BCUT2D eigenvalue weighted by atomic mass is 14.8. The molecule has 1 aliphatic carbocycles. The summed E-state index contributed by atoms with van der Waals surface area (Å²) in [6.45, 7) is 1.10. The average molecular weight is 184 g/mol. The van der Waals surface area contributed by atoms with E-state index in [1.54, 1.807) is 0 Å². The van der Waals surface area contributed by atoms with Gasteiger partial charge in [0, 0.05) is 6.04 Å². The fourth-order valence-corrected chi connectivity index (χ4v) is 2.28. The van der Waals surface area contributed by atoms with E-state index in [4.69, 9.17) is 5.73 Å². The molecule has 0 aromatic rings. The van der Waals surface area contributed by atoms with Gasteiger partial charge in [0.1, 0.15) is 0 Å². The molecule has 13 heavy (non-hydrogen) atoms. The molecule has 0 heterocycles. The number of nitrogens with one attached hydrogen (secondary N) is 1. The van der Waals surface area contributed by atoms with Crippen LogP contribution in [0.15, 0.2) is 0 Å². The van der Waals surface area contributed by atoms with E-state index in [9.17, 15) is 0 Å². The lowest BCUT2D eigenvalue weighted by Crippen LogP contribution is -2.36. The minimum absolute atomic E-state index is 0.436. The zero-order valence-corrected chi connectivity index (χ0v) is 8.89. The van der Waals surface area contributed by atoms with Gasteiger partial charge in [-0.3, -0.25) is 0 Å². The highest BCUT2D eigenvalue weighted by molar-refractivity contribution is 4.75. The van der Waals surface area contributed by atoms with E-state index in [0.29, 0.717) is 12.0 Å². The summed E-state index contributed by atoms with van der Waals surface area (Å²) in [5, 5.41) is 3.26. The molecule has 2 atom stereocenters. The molecule has 78 valence electrons. The predicted molar refractivity (Wildman–Crippen MR) is 57.7 cm³/mol. The standard InChI is InChI=1S/C11H24N2/c1-13-9-10-7-5-3-2-4-6-8-11(10)12/h10-11,13H,2-9,12H2,1H3. The number of nitrogens with two attached hydrogens (primary N) is 1. The van der Waals surface area contributed by atoms with Gasteiger partial charge >= 0.3 is 0 Å². The first kappa shape index (κ1) is 11.0. The van der Waals surface area contributed by atoms with Crippen molar-refractivity contribution < 1.29 is 0 Å². The van der Waals surface area contributed by atoms with Gasteiger partial charge in [0.25, 0.3) is 0 Å². The Morgan fingerprint density at radius 1 is 1.08 bits per heavy atom. The van der Waals surface area contributed by atoms with Crippen molar-refractivity contribution in [1.29, 1.82) is 0 Å². The lowest BCUT2D eigenvalue weighted by molar-refractivity contribution is 0.360. The molecule has 0 aliphatic heterocycles. The highest BCUT2D eigenvalue weighted by Gasteiger charge is 2.17. The van der Waals surface area contributed by atoms with Crippen molar-refractivity contribution in [3.05, 3.63) is 0 Å². The van der Waals surface area contributed by atoms with Crippen LogP contribution in [-0.2, 0) is 0 Å². The van der Waals surface area contributed by atoms with E-state index in [-0.39, 0.29) is 0 Å². The van der Waals surface area contributed by atoms with Crippen LogP contribution in [0.3, 0.4) is 0 Å². The highest BCUT2D eigenvalue weighted by Crippen LogP contribution is 2.20. The van der Waals surface area contributed by atoms with Gasteiger partial charge in [-0.2, -0.15) is 0 Å². The van der Waals surface area contributed by atoms with Crippen LogP contribution in [0.5, 0.6) is 0 Å². The first-order chi connectivity index (χ1) is 6.34. The van der Waals surface area contributed by atoms with Crippen LogP contribution >= 0.6 is 0 Å². The fourth-order valence-electron chi connectivity index (χ4n) is 2.28. The summed E-state index contributed by atoms with van der Waals surface area (Å²) in [6.07, 6.45) is 9.47. The Labute approximate surface area is 82.3 Å². The van der Waals surface area contributed by atoms with Gasteiger partial charge in [0.2, 0.25) is 0 Å². The molecule has 2 nitrogen and oxygen atoms in total. The maximum Gasteiger partial charge on any atom is 0.00792 e. The first-order valence-corrected chi connectivity index (χ1v) is 5.74. The summed E-state index contributed by atoms with van der Waals surface area (Å²) >= 11 is 0. The molecule has 1 aliphatic rings. The largest absolute Gasteiger partial charge is 0.327 e. The molecule has 0 radical (unpaired) electrons. The number of hydrogen-bond acceptors (Lipinski definition) is 2. The Hall–Kier alpha value is -0.0800. The van der Waals surface area contributed by atoms with Crippen LogP contribution in [0.4, 0.5) is 0 Å². The van der Waals surface area contributed by atoms with Crippen molar-refractivity contribution in [1.82, 2.24) is 5.32 Å². The summed E-state index contributed by atoms with van der Waals surface area (Å²) in [5.74, 6) is 0.711. The van der Waals surface area contributed by atoms with Gasteiger partial charge in [-0.25, -0.2) is 0 Å². The van der Waals surface area contributed by atoms with E-state index in [2.05, 4.69) is 5.32 Å². The molecule has 1 fully saturated rings. The second-order valence-corrected chi connectivity index (χ2v) is 4.33. The van der Waals surface area contributed by atoms with Gasteiger partial charge in [0.05, 0.1) is 0 Å². The molecule has 1 rings (SSSR count). The predicted octanol–water partition coefficient (Wildman–Crippen LogP) is 1.89. The Balaban J connectivity index is 2.35. The van der Waals surface area contributed by atoms with Crippen LogP contribution in [-0.4, -0.2) is 19.6 Å². The Morgan fingerprint density at radius 3 is 2.38 bits per heavy atom. The van der Waals surface area contributed by atoms with Crippen molar-refractivity contribution in [3.8, 4) is 0 Å². The lowest BCUT2D eigenvalue weighted by atomic mass is 9.92. The summed E-state index contributed by atoms with van der Waals surface area (Å²) in [4.78, 5) is 0. The average Bonchev–Trinajstić information content (AvgIpc) is 2.21. The van der Waals surface area contributed by atoms with Gasteiger partial charge in [0.15, 0.2) is 0 Å². The summed E-state index contributed by atoms with van der Waals surface area (Å²) in [6, 6.07) is 0.436. The van der Waals surface area contributed by atoms with E-state index in [0.717, 1.165) is 6.54 Å². The first-order valence-electron chi connectivity index (χ1n) is 5.74. The topological polar surface area (TPSA) is 38.0 Å². The van der Waals surface area contributed by atoms with Crippen molar-refractivity contribution in [2.45, 2.75) is 51.0 Å². The summed E-state index contributed by atoms with van der Waals surface area (Å²) in [7, 11) is 2.03. The molecule has 2 unspecified atom stereocenters. The fraction of sp³-hybridized carbons (Fsp3) is 1.00. The van der Waals surface area contributed by atoms with Gasteiger partial charge in [-0.15, -0.1) is 0 Å². The maximum atomic E-state index is 6.16. The molecular formula is C11H24N2. The van der Waals surface area contributed by atoms with E-state index >= 15 is 0 Å².